The van der Waals surface area contributed by atoms with Crippen molar-refractivity contribution in [1.29, 1.82) is 5.26 Å². The minimum Gasteiger partial charge on any atom is -0.484 e. The van der Waals surface area contributed by atoms with E-state index in [2.05, 4.69) is 26.6 Å². The van der Waals surface area contributed by atoms with Crippen molar-refractivity contribution in [3.8, 4) is 11.8 Å². The summed E-state index contributed by atoms with van der Waals surface area (Å²) < 4.78 is 6.37. The molecule has 2 N–H and O–H groups in total. The fourth-order valence-electron chi connectivity index (χ4n) is 3.00. The van der Waals surface area contributed by atoms with Crippen molar-refractivity contribution in [2.24, 2.45) is 0 Å². The number of hydrogen-bond donors (Lipinski definition) is 2. The predicted molar refractivity (Wildman–Crippen MR) is 131 cm³/mol. The molecule has 0 spiro atoms. The maximum atomic E-state index is 12.4. The van der Waals surface area contributed by atoms with Crippen molar-refractivity contribution in [3.63, 3.8) is 0 Å². The lowest BCUT2D eigenvalue weighted by molar-refractivity contribution is -0.123. The van der Waals surface area contributed by atoms with Gasteiger partial charge in [0.1, 0.15) is 17.4 Å². The first kappa shape index (κ1) is 23.8. The lowest BCUT2D eigenvalue weighted by Gasteiger charge is -2.14. The maximum absolute atomic E-state index is 12.4. The number of nitrogens with one attached hydrogen (secondary N) is 2. The molecule has 6 nitrogen and oxygen atoms in total. The minimum absolute atomic E-state index is 0.0297. The Labute approximate surface area is 201 Å². The highest BCUT2D eigenvalue weighted by Gasteiger charge is 2.11. The number of halogens is 1. The standard InChI is InChI=1S/C26H22BrN3O3/c1-18(20-6-3-2-4-7-20)29-25(31)17-33-24-12-10-19(11-13-24)14-21(16-28)26(32)30-23-9-5-8-22(27)15-23/h2-15,18H,17H2,1H3,(H,29,31)(H,30,32)/b21-14+/t18-/m0/s1. The number of rotatable bonds is 8. The molecule has 0 aliphatic carbocycles. The Balaban J connectivity index is 1.55. The van der Waals surface area contributed by atoms with Crippen LogP contribution in [0.2, 0.25) is 0 Å². The number of anilines is 1. The first-order valence-corrected chi connectivity index (χ1v) is 11.0. The van der Waals surface area contributed by atoms with E-state index in [1.54, 1.807) is 42.5 Å². The average Bonchev–Trinajstić information content (AvgIpc) is 2.82. The van der Waals surface area contributed by atoms with E-state index in [4.69, 9.17) is 4.74 Å². The average molecular weight is 504 g/mol. The van der Waals surface area contributed by atoms with Crippen LogP contribution in [0.1, 0.15) is 24.1 Å². The third-order valence-electron chi connectivity index (χ3n) is 4.69. The van der Waals surface area contributed by atoms with Gasteiger partial charge in [0.15, 0.2) is 6.61 Å². The van der Waals surface area contributed by atoms with Crippen molar-refractivity contribution in [3.05, 3.63) is 100 Å². The van der Waals surface area contributed by atoms with Gasteiger partial charge in [-0.3, -0.25) is 9.59 Å². The number of amides is 2. The number of carbonyl (C=O) groups is 2. The van der Waals surface area contributed by atoms with Crippen LogP contribution in [0.5, 0.6) is 5.75 Å². The van der Waals surface area contributed by atoms with E-state index in [0.717, 1.165) is 10.0 Å². The first-order chi connectivity index (χ1) is 15.9. The minimum atomic E-state index is -0.500. The molecule has 0 aliphatic rings. The Hall–Kier alpha value is -3.89. The van der Waals surface area contributed by atoms with E-state index >= 15 is 0 Å². The van der Waals surface area contributed by atoms with Crippen LogP contribution in [0.4, 0.5) is 5.69 Å². The second kappa shape index (κ2) is 11.7. The molecule has 0 saturated carbocycles. The Morgan fingerprint density at radius 3 is 2.45 bits per heavy atom. The van der Waals surface area contributed by atoms with Gasteiger partial charge in [0.2, 0.25) is 0 Å². The molecule has 166 valence electrons. The smallest absolute Gasteiger partial charge is 0.266 e. The first-order valence-electron chi connectivity index (χ1n) is 10.2. The van der Waals surface area contributed by atoms with E-state index in [0.29, 0.717) is 17.0 Å². The molecule has 0 aliphatic heterocycles. The number of nitrogens with zero attached hydrogens (tertiary/aromatic N) is 1. The van der Waals surface area contributed by atoms with E-state index in [9.17, 15) is 14.9 Å². The van der Waals surface area contributed by atoms with Gasteiger partial charge < -0.3 is 15.4 Å². The summed E-state index contributed by atoms with van der Waals surface area (Å²) in [6, 6.07) is 25.4. The van der Waals surface area contributed by atoms with Crippen LogP contribution in [0.25, 0.3) is 6.08 Å². The summed E-state index contributed by atoms with van der Waals surface area (Å²) in [6.45, 7) is 1.79. The van der Waals surface area contributed by atoms with Gasteiger partial charge in [-0.25, -0.2) is 0 Å². The second-order valence-corrected chi connectivity index (χ2v) is 8.11. The third-order valence-corrected chi connectivity index (χ3v) is 5.18. The van der Waals surface area contributed by atoms with E-state index in [-0.39, 0.29) is 24.1 Å². The number of hydrogen-bond acceptors (Lipinski definition) is 4. The molecule has 3 aromatic carbocycles. The monoisotopic (exact) mass is 503 g/mol. The molecule has 3 aromatic rings. The highest BCUT2D eigenvalue weighted by molar-refractivity contribution is 9.10. The molecular weight excluding hydrogens is 482 g/mol. The molecule has 0 saturated heterocycles. The Morgan fingerprint density at radius 2 is 1.79 bits per heavy atom. The molecule has 7 heteroatoms. The van der Waals surface area contributed by atoms with Gasteiger partial charge in [-0.15, -0.1) is 0 Å². The molecule has 0 aromatic heterocycles. The zero-order chi connectivity index (χ0) is 23.6. The summed E-state index contributed by atoms with van der Waals surface area (Å²) in [5, 5.41) is 15.0. The molecular formula is C26H22BrN3O3. The third kappa shape index (κ3) is 7.34. The zero-order valence-electron chi connectivity index (χ0n) is 17.9. The van der Waals surface area contributed by atoms with Crippen LogP contribution in [-0.2, 0) is 9.59 Å². The molecule has 3 rings (SSSR count). The van der Waals surface area contributed by atoms with Gasteiger partial charge in [-0.1, -0.05) is 64.5 Å². The van der Waals surface area contributed by atoms with Crippen molar-refractivity contribution in [2.45, 2.75) is 13.0 Å². The van der Waals surface area contributed by atoms with Crippen LogP contribution in [-0.4, -0.2) is 18.4 Å². The lowest BCUT2D eigenvalue weighted by atomic mass is 10.1. The summed E-state index contributed by atoms with van der Waals surface area (Å²) in [5.74, 6) is -0.224. The Kier molecular flexibility index (Phi) is 8.39. The number of nitriles is 1. The predicted octanol–water partition coefficient (Wildman–Crippen LogP) is 5.25. The fraction of sp³-hybridized carbons (Fsp3) is 0.115. The van der Waals surface area contributed by atoms with Gasteiger partial charge in [0.25, 0.3) is 11.8 Å². The van der Waals surface area contributed by atoms with Crippen LogP contribution >= 0.6 is 15.9 Å². The summed E-state index contributed by atoms with van der Waals surface area (Å²) >= 11 is 3.34. The van der Waals surface area contributed by atoms with Crippen molar-refractivity contribution >= 4 is 39.5 Å². The SMILES string of the molecule is C[C@H](NC(=O)COc1ccc(/C=C(\C#N)C(=O)Nc2cccc(Br)c2)cc1)c1ccccc1. The van der Waals surface area contributed by atoms with Crippen molar-refractivity contribution in [2.75, 3.05) is 11.9 Å². The molecule has 0 heterocycles. The van der Waals surface area contributed by atoms with Crippen LogP contribution in [0, 0.1) is 11.3 Å². The number of benzene rings is 3. The molecule has 0 unspecified atom stereocenters. The molecule has 2 amide bonds. The number of ether oxygens (including phenoxy) is 1. The Morgan fingerprint density at radius 1 is 1.06 bits per heavy atom. The topological polar surface area (TPSA) is 91.2 Å². The van der Waals surface area contributed by atoms with E-state index in [1.807, 2.05) is 49.4 Å². The summed E-state index contributed by atoms with van der Waals surface area (Å²) in [7, 11) is 0. The highest BCUT2D eigenvalue weighted by Crippen LogP contribution is 2.18. The van der Waals surface area contributed by atoms with Gasteiger partial charge in [-0.2, -0.15) is 5.26 Å². The van der Waals surface area contributed by atoms with Crippen LogP contribution in [0.3, 0.4) is 0 Å². The summed E-state index contributed by atoms with van der Waals surface area (Å²) in [6.07, 6.45) is 1.49. The van der Waals surface area contributed by atoms with Gasteiger partial charge in [0, 0.05) is 10.2 Å². The zero-order valence-corrected chi connectivity index (χ0v) is 19.5. The molecule has 33 heavy (non-hydrogen) atoms. The van der Waals surface area contributed by atoms with Crippen molar-refractivity contribution < 1.29 is 14.3 Å². The Bertz CT molecular complexity index is 1190. The van der Waals surface area contributed by atoms with Crippen molar-refractivity contribution in [1.82, 2.24) is 5.32 Å². The summed E-state index contributed by atoms with van der Waals surface area (Å²) in [5.41, 5.74) is 2.22. The molecule has 0 radical (unpaired) electrons. The van der Waals surface area contributed by atoms with Gasteiger partial charge >= 0.3 is 0 Å². The lowest BCUT2D eigenvalue weighted by Crippen LogP contribution is -2.31. The maximum Gasteiger partial charge on any atom is 0.266 e. The highest BCUT2D eigenvalue weighted by atomic mass is 79.9. The molecule has 0 bridgehead atoms. The molecule has 1 atom stereocenters. The van der Waals surface area contributed by atoms with Gasteiger partial charge in [0.05, 0.1) is 6.04 Å². The van der Waals surface area contributed by atoms with Gasteiger partial charge in [-0.05, 0) is 54.5 Å². The summed E-state index contributed by atoms with van der Waals surface area (Å²) in [4.78, 5) is 24.6. The van der Waals surface area contributed by atoms with E-state index < -0.39 is 5.91 Å². The number of carbonyl (C=O) groups excluding carboxylic acids is 2. The molecule has 0 fully saturated rings. The fourth-order valence-corrected chi connectivity index (χ4v) is 3.40. The largest absolute Gasteiger partial charge is 0.484 e. The normalized spacial score (nSPS) is 11.7. The van der Waals surface area contributed by atoms with Crippen LogP contribution in [0.15, 0.2) is 88.9 Å². The second-order valence-electron chi connectivity index (χ2n) is 7.19. The van der Waals surface area contributed by atoms with Crippen LogP contribution < -0.4 is 15.4 Å². The quantitative estimate of drug-likeness (QED) is 0.324. The van der Waals surface area contributed by atoms with E-state index in [1.165, 1.54) is 6.08 Å².